The predicted octanol–water partition coefficient (Wildman–Crippen LogP) is 2.36. The van der Waals surface area contributed by atoms with Crippen molar-refractivity contribution in [1.82, 2.24) is 9.71 Å². The van der Waals surface area contributed by atoms with Crippen LogP contribution in [0.5, 0.6) is 0 Å². The summed E-state index contributed by atoms with van der Waals surface area (Å²) in [7, 11) is -3.74. The largest absolute Gasteiger partial charge is 0.398 e. The molecule has 0 aliphatic rings. The summed E-state index contributed by atoms with van der Waals surface area (Å²) in [5, 5.41) is 0.316. The van der Waals surface area contributed by atoms with Gasteiger partial charge in [-0.05, 0) is 42.8 Å². The number of nitrogens with two attached hydrogens (primary N) is 1. The Morgan fingerprint density at radius 2 is 1.90 bits per heavy atom. The molecule has 20 heavy (non-hydrogen) atoms. The number of benzene rings is 1. The Labute approximate surface area is 122 Å². The van der Waals surface area contributed by atoms with Crippen LogP contribution in [0, 0.1) is 0 Å². The molecule has 0 saturated heterocycles. The summed E-state index contributed by atoms with van der Waals surface area (Å²) < 4.78 is 27.2. The fourth-order valence-corrected chi connectivity index (χ4v) is 3.38. The molecule has 3 N–H and O–H groups in total. The second-order valence-corrected chi connectivity index (χ2v) is 6.42. The maximum Gasteiger partial charge on any atom is 0.243 e. The van der Waals surface area contributed by atoms with E-state index in [0.717, 1.165) is 5.56 Å². The first-order valence-electron chi connectivity index (χ1n) is 5.87. The maximum absolute atomic E-state index is 12.3. The molecule has 1 unspecified atom stereocenters. The average Bonchev–Trinajstić information content (AvgIpc) is 2.42. The highest BCUT2D eigenvalue weighted by Gasteiger charge is 2.21. The van der Waals surface area contributed by atoms with Crippen molar-refractivity contribution in [3.63, 3.8) is 0 Å². The van der Waals surface area contributed by atoms with Gasteiger partial charge >= 0.3 is 0 Å². The van der Waals surface area contributed by atoms with E-state index in [0.29, 0.717) is 5.02 Å². The van der Waals surface area contributed by atoms with Gasteiger partial charge in [0.25, 0.3) is 0 Å². The first-order chi connectivity index (χ1) is 9.40. The molecule has 5 nitrogen and oxygen atoms in total. The Morgan fingerprint density at radius 1 is 1.25 bits per heavy atom. The number of sulfonamides is 1. The Balaban J connectivity index is 2.30. The number of pyridine rings is 1. The van der Waals surface area contributed by atoms with Crippen LogP contribution in [0.4, 0.5) is 5.69 Å². The van der Waals surface area contributed by atoms with Crippen LogP contribution < -0.4 is 10.5 Å². The van der Waals surface area contributed by atoms with E-state index in [1.54, 1.807) is 37.5 Å². The standard InChI is InChI=1S/C13H14ClN3O2S/c1-9(10-4-6-16-7-5-10)17-20(18,19)13-8-11(14)2-3-12(13)15/h2-9,17H,15H2,1H3. The first-order valence-corrected chi connectivity index (χ1v) is 7.73. The number of anilines is 1. The number of halogens is 1. The van der Waals surface area contributed by atoms with Crippen LogP contribution in [0.2, 0.25) is 5.02 Å². The lowest BCUT2D eigenvalue weighted by Crippen LogP contribution is -2.27. The topological polar surface area (TPSA) is 85.1 Å². The summed E-state index contributed by atoms with van der Waals surface area (Å²) in [6.07, 6.45) is 3.21. The maximum atomic E-state index is 12.3. The number of hydrogen-bond donors (Lipinski definition) is 2. The van der Waals surface area contributed by atoms with E-state index in [-0.39, 0.29) is 10.6 Å². The van der Waals surface area contributed by atoms with Crippen molar-refractivity contribution in [3.8, 4) is 0 Å². The zero-order valence-electron chi connectivity index (χ0n) is 10.7. The Kier molecular flexibility index (Phi) is 4.27. The van der Waals surface area contributed by atoms with Gasteiger partial charge < -0.3 is 5.73 Å². The number of nitrogens with one attached hydrogen (secondary N) is 1. The van der Waals surface area contributed by atoms with Crippen LogP contribution >= 0.6 is 11.6 Å². The van der Waals surface area contributed by atoms with Gasteiger partial charge in [-0.25, -0.2) is 13.1 Å². The quantitative estimate of drug-likeness (QED) is 0.849. The number of nitrogens with zero attached hydrogens (tertiary/aromatic N) is 1. The van der Waals surface area contributed by atoms with E-state index >= 15 is 0 Å². The van der Waals surface area contributed by atoms with E-state index in [4.69, 9.17) is 17.3 Å². The highest BCUT2D eigenvalue weighted by Crippen LogP contribution is 2.24. The van der Waals surface area contributed by atoms with Crippen LogP contribution in [0.3, 0.4) is 0 Å². The molecule has 1 aromatic carbocycles. The van der Waals surface area contributed by atoms with Gasteiger partial charge in [0.2, 0.25) is 10.0 Å². The van der Waals surface area contributed by atoms with Crippen LogP contribution in [-0.4, -0.2) is 13.4 Å². The molecular formula is C13H14ClN3O2S. The minimum atomic E-state index is -3.74. The summed E-state index contributed by atoms with van der Waals surface area (Å²) in [5.41, 5.74) is 6.67. The SMILES string of the molecule is CC(NS(=O)(=O)c1cc(Cl)ccc1N)c1ccncc1. The molecule has 0 fully saturated rings. The van der Waals surface area contributed by atoms with E-state index in [9.17, 15) is 8.42 Å². The molecule has 0 aliphatic heterocycles. The van der Waals surface area contributed by atoms with Crippen molar-refractivity contribution in [2.75, 3.05) is 5.73 Å². The summed E-state index contributed by atoms with van der Waals surface area (Å²) in [6, 6.07) is 7.43. The van der Waals surface area contributed by atoms with Gasteiger partial charge in [-0.3, -0.25) is 4.98 Å². The van der Waals surface area contributed by atoms with Gasteiger partial charge in [0, 0.05) is 23.5 Å². The third kappa shape index (κ3) is 3.27. The molecule has 0 bridgehead atoms. The number of rotatable bonds is 4. The van der Waals surface area contributed by atoms with E-state index < -0.39 is 16.1 Å². The molecule has 106 valence electrons. The lowest BCUT2D eigenvalue weighted by Gasteiger charge is -2.15. The van der Waals surface area contributed by atoms with Crippen molar-refractivity contribution in [3.05, 3.63) is 53.3 Å². The second-order valence-electron chi connectivity index (χ2n) is 4.31. The predicted molar refractivity (Wildman–Crippen MR) is 78.8 cm³/mol. The van der Waals surface area contributed by atoms with Crippen molar-refractivity contribution >= 4 is 27.3 Å². The first kappa shape index (κ1) is 14.8. The summed E-state index contributed by atoms with van der Waals surface area (Å²) in [4.78, 5) is 3.87. The van der Waals surface area contributed by atoms with Gasteiger partial charge in [-0.2, -0.15) is 0 Å². The minimum Gasteiger partial charge on any atom is -0.398 e. The molecule has 0 saturated carbocycles. The molecule has 7 heteroatoms. The zero-order valence-corrected chi connectivity index (χ0v) is 12.3. The van der Waals surface area contributed by atoms with E-state index in [1.807, 2.05) is 0 Å². The van der Waals surface area contributed by atoms with Crippen LogP contribution in [-0.2, 0) is 10.0 Å². The van der Waals surface area contributed by atoms with Crippen LogP contribution in [0.1, 0.15) is 18.5 Å². The molecule has 0 amide bonds. The Morgan fingerprint density at radius 3 is 2.55 bits per heavy atom. The molecular weight excluding hydrogens is 298 g/mol. The molecule has 1 aromatic heterocycles. The summed E-state index contributed by atoms with van der Waals surface area (Å²) in [6.45, 7) is 1.74. The molecule has 2 aromatic rings. The second kappa shape index (κ2) is 5.78. The highest BCUT2D eigenvalue weighted by atomic mass is 35.5. The van der Waals surface area contributed by atoms with Crippen molar-refractivity contribution < 1.29 is 8.42 Å². The van der Waals surface area contributed by atoms with Gasteiger partial charge in [0.15, 0.2) is 0 Å². The molecule has 0 aliphatic carbocycles. The normalized spacial score (nSPS) is 13.1. The number of nitrogen functional groups attached to an aromatic ring is 1. The fraction of sp³-hybridized carbons (Fsp3) is 0.154. The average molecular weight is 312 g/mol. The van der Waals surface area contributed by atoms with Crippen LogP contribution in [0.15, 0.2) is 47.6 Å². The molecule has 2 rings (SSSR count). The molecule has 1 heterocycles. The highest BCUT2D eigenvalue weighted by molar-refractivity contribution is 7.89. The third-order valence-corrected chi connectivity index (χ3v) is 4.63. The minimum absolute atomic E-state index is 0.0223. The Bertz CT molecular complexity index is 705. The molecule has 0 spiro atoms. The smallest absolute Gasteiger partial charge is 0.243 e. The fourth-order valence-electron chi connectivity index (χ4n) is 1.76. The summed E-state index contributed by atoms with van der Waals surface area (Å²) >= 11 is 5.82. The lowest BCUT2D eigenvalue weighted by molar-refractivity contribution is 0.567. The van der Waals surface area contributed by atoms with Crippen LogP contribution in [0.25, 0.3) is 0 Å². The summed E-state index contributed by atoms with van der Waals surface area (Å²) in [5.74, 6) is 0. The van der Waals surface area contributed by atoms with Gasteiger partial charge in [-0.1, -0.05) is 11.6 Å². The lowest BCUT2D eigenvalue weighted by atomic mass is 10.1. The monoisotopic (exact) mass is 311 g/mol. The van der Waals surface area contributed by atoms with Gasteiger partial charge in [0.05, 0.1) is 5.69 Å². The molecule has 0 radical (unpaired) electrons. The Hall–Kier alpha value is -1.63. The van der Waals surface area contributed by atoms with Gasteiger partial charge in [0.1, 0.15) is 4.90 Å². The number of hydrogen-bond acceptors (Lipinski definition) is 4. The van der Waals surface area contributed by atoms with E-state index in [2.05, 4.69) is 9.71 Å². The zero-order chi connectivity index (χ0) is 14.8. The van der Waals surface area contributed by atoms with E-state index in [1.165, 1.54) is 12.1 Å². The van der Waals surface area contributed by atoms with Crippen molar-refractivity contribution in [1.29, 1.82) is 0 Å². The molecule has 1 atom stereocenters. The third-order valence-electron chi connectivity index (χ3n) is 2.80. The van der Waals surface area contributed by atoms with Gasteiger partial charge in [-0.15, -0.1) is 0 Å². The van der Waals surface area contributed by atoms with Crippen molar-refractivity contribution in [2.45, 2.75) is 17.9 Å². The number of aromatic nitrogens is 1. The van der Waals surface area contributed by atoms with Crippen molar-refractivity contribution in [2.24, 2.45) is 0 Å².